The number of nitrogens with one attached hydrogen (secondary N) is 1. The molecule has 7 nitrogen and oxygen atoms in total. The summed E-state index contributed by atoms with van der Waals surface area (Å²) in [6.07, 6.45) is 4.83. The molecule has 0 atom stereocenters. The van der Waals surface area contributed by atoms with Crippen molar-refractivity contribution in [2.75, 3.05) is 25.0 Å². The number of piperidine rings is 1. The first kappa shape index (κ1) is 19.6. The van der Waals surface area contributed by atoms with Crippen LogP contribution < -0.4 is 16.5 Å². The van der Waals surface area contributed by atoms with Gasteiger partial charge in [0.25, 0.3) is 0 Å². The van der Waals surface area contributed by atoms with Gasteiger partial charge in [0.1, 0.15) is 13.7 Å². The SMILES string of the molecule is Bc1cnn2c(NCCC3CCN(C(N)=O)CC3)cc(-c3ccccc3Cl)nc12. The number of hydrogen-bond acceptors (Lipinski definition) is 4. The van der Waals surface area contributed by atoms with Gasteiger partial charge in [-0.05, 0) is 36.7 Å². The average molecular weight is 411 g/mol. The van der Waals surface area contributed by atoms with E-state index in [-0.39, 0.29) is 6.03 Å². The van der Waals surface area contributed by atoms with Crippen LogP contribution in [0.1, 0.15) is 19.3 Å². The van der Waals surface area contributed by atoms with E-state index in [0.29, 0.717) is 10.9 Å². The fraction of sp³-hybridized carbons (Fsp3) is 0.350. The summed E-state index contributed by atoms with van der Waals surface area (Å²) in [7, 11) is 2.00. The maximum absolute atomic E-state index is 11.3. The molecule has 2 aromatic heterocycles. The first-order valence-electron chi connectivity index (χ1n) is 9.91. The summed E-state index contributed by atoms with van der Waals surface area (Å²) in [4.78, 5) is 17.8. The highest BCUT2D eigenvalue weighted by atomic mass is 35.5. The van der Waals surface area contributed by atoms with E-state index in [1.54, 1.807) is 4.90 Å². The van der Waals surface area contributed by atoms with Crippen LogP contribution in [0.15, 0.2) is 36.5 Å². The molecule has 3 N–H and O–H groups in total. The molecule has 0 spiro atoms. The minimum absolute atomic E-state index is 0.318. The van der Waals surface area contributed by atoms with Gasteiger partial charge in [0, 0.05) is 42.5 Å². The van der Waals surface area contributed by atoms with Crippen molar-refractivity contribution < 1.29 is 4.79 Å². The van der Waals surface area contributed by atoms with Gasteiger partial charge in [0.05, 0.1) is 5.69 Å². The summed E-state index contributed by atoms with van der Waals surface area (Å²) < 4.78 is 1.84. The lowest BCUT2D eigenvalue weighted by Gasteiger charge is -2.30. The number of nitrogens with zero attached hydrogens (tertiary/aromatic N) is 4. The molecule has 3 heterocycles. The van der Waals surface area contributed by atoms with E-state index in [1.807, 2.05) is 48.9 Å². The van der Waals surface area contributed by atoms with E-state index >= 15 is 0 Å². The third kappa shape index (κ3) is 4.17. The van der Waals surface area contributed by atoms with Crippen molar-refractivity contribution in [2.45, 2.75) is 19.3 Å². The second-order valence-corrected chi connectivity index (χ2v) is 7.96. The smallest absolute Gasteiger partial charge is 0.314 e. The Labute approximate surface area is 175 Å². The topological polar surface area (TPSA) is 88.5 Å². The standard InChI is InChI=1S/C20H24BClN6O/c21-15-12-25-28-18(24-8-5-13-6-9-27(10-7-13)20(23)29)11-17(26-19(15)28)14-3-1-2-4-16(14)22/h1-4,11-13,24H,5-10,21H2,(H2,23,29). The predicted octanol–water partition coefficient (Wildman–Crippen LogP) is 1.90. The number of nitrogens with two attached hydrogens (primary N) is 1. The van der Waals surface area contributed by atoms with E-state index in [2.05, 4.69) is 10.4 Å². The summed E-state index contributed by atoms with van der Waals surface area (Å²) in [5, 5.41) is 8.67. The minimum atomic E-state index is -0.318. The number of aromatic nitrogens is 3. The molecule has 1 fully saturated rings. The van der Waals surface area contributed by atoms with Crippen LogP contribution in [0.5, 0.6) is 0 Å². The predicted molar refractivity (Wildman–Crippen MR) is 119 cm³/mol. The van der Waals surface area contributed by atoms with Crippen molar-refractivity contribution in [3.8, 4) is 11.3 Å². The number of urea groups is 1. The normalized spacial score (nSPS) is 15.0. The van der Waals surface area contributed by atoms with Gasteiger partial charge in [-0.1, -0.05) is 29.8 Å². The van der Waals surface area contributed by atoms with Crippen molar-refractivity contribution in [2.24, 2.45) is 11.7 Å². The second-order valence-electron chi connectivity index (χ2n) is 7.55. The van der Waals surface area contributed by atoms with Crippen LogP contribution in [0.2, 0.25) is 5.02 Å². The number of amides is 2. The zero-order chi connectivity index (χ0) is 20.4. The zero-order valence-corrected chi connectivity index (χ0v) is 17.2. The summed E-state index contributed by atoms with van der Waals surface area (Å²) in [6, 6.07) is 9.40. The van der Waals surface area contributed by atoms with Gasteiger partial charge in [-0.25, -0.2) is 9.78 Å². The number of rotatable bonds is 5. The van der Waals surface area contributed by atoms with Crippen molar-refractivity contribution in [3.05, 3.63) is 41.6 Å². The molecule has 29 heavy (non-hydrogen) atoms. The van der Waals surface area contributed by atoms with Gasteiger partial charge >= 0.3 is 6.03 Å². The fourth-order valence-electron chi connectivity index (χ4n) is 3.85. The Bertz CT molecular complexity index is 1030. The molecular formula is C20H24BClN6O. The number of hydrogen-bond donors (Lipinski definition) is 2. The molecule has 0 saturated carbocycles. The molecule has 0 unspecified atom stereocenters. The summed E-state index contributed by atoms with van der Waals surface area (Å²) in [5.74, 6) is 1.48. The van der Waals surface area contributed by atoms with E-state index in [1.165, 1.54) is 0 Å². The number of anilines is 1. The Morgan fingerprint density at radius 3 is 2.79 bits per heavy atom. The fourth-order valence-corrected chi connectivity index (χ4v) is 4.08. The van der Waals surface area contributed by atoms with Crippen molar-refractivity contribution in [1.82, 2.24) is 19.5 Å². The van der Waals surface area contributed by atoms with E-state index in [9.17, 15) is 4.79 Å². The van der Waals surface area contributed by atoms with Crippen LogP contribution in [0, 0.1) is 5.92 Å². The highest BCUT2D eigenvalue weighted by molar-refractivity contribution is 6.36. The molecule has 0 bridgehead atoms. The van der Waals surface area contributed by atoms with Gasteiger partial charge in [0.2, 0.25) is 0 Å². The molecule has 1 aliphatic heterocycles. The Morgan fingerprint density at radius 1 is 1.31 bits per heavy atom. The first-order valence-corrected chi connectivity index (χ1v) is 10.3. The molecule has 4 rings (SSSR count). The molecule has 0 radical (unpaired) electrons. The average Bonchev–Trinajstić information content (AvgIpc) is 3.10. The van der Waals surface area contributed by atoms with Crippen LogP contribution in [0.25, 0.3) is 16.9 Å². The number of carbonyl (C=O) groups is 1. The third-order valence-corrected chi connectivity index (χ3v) is 5.91. The highest BCUT2D eigenvalue weighted by Crippen LogP contribution is 2.28. The molecule has 0 aliphatic carbocycles. The van der Waals surface area contributed by atoms with Crippen LogP contribution >= 0.6 is 11.6 Å². The lowest BCUT2D eigenvalue weighted by molar-refractivity contribution is 0.177. The largest absolute Gasteiger partial charge is 0.370 e. The Balaban J connectivity index is 1.50. The van der Waals surface area contributed by atoms with Crippen LogP contribution in [-0.2, 0) is 0 Å². The van der Waals surface area contributed by atoms with Crippen LogP contribution in [0.4, 0.5) is 10.6 Å². The Hall–Kier alpha value is -2.74. The monoisotopic (exact) mass is 410 g/mol. The molecule has 2 amide bonds. The maximum atomic E-state index is 11.3. The third-order valence-electron chi connectivity index (χ3n) is 5.58. The lowest BCUT2D eigenvalue weighted by atomic mass is 9.94. The molecule has 9 heteroatoms. The quantitative estimate of drug-likeness (QED) is 0.629. The lowest BCUT2D eigenvalue weighted by Crippen LogP contribution is -2.41. The van der Waals surface area contributed by atoms with E-state index < -0.39 is 0 Å². The number of carbonyl (C=O) groups excluding carboxylic acids is 1. The number of halogens is 1. The van der Waals surface area contributed by atoms with Gasteiger partial charge in [-0.2, -0.15) is 9.61 Å². The van der Waals surface area contributed by atoms with Gasteiger partial charge in [0.15, 0.2) is 5.65 Å². The van der Waals surface area contributed by atoms with Crippen LogP contribution in [0.3, 0.4) is 0 Å². The minimum Gasteiger partial charge on any atom is -0.370 e. The second kappa shape index (κ2) is 8.33. The molecular weight excluding hydrogens is 387 g/mol. The number of benzene rings is 1. The first-order chi connectivity index (χ1) is 14.0. The zero-order valence-electron chi connectivity index (χ0n) is 16.4. The van der Waals surface area contributed by atoms with E-state index in [4.69, 9.17) is 22.3 Å². The van der Waals surface area contributed by atoms with Gasteiger partial charge in [-0.15, -0.1) is 0 Å². The van der Waals surface area contributed by atoms with Crippen LogP contribution in [-0.4, -0.2) is 53.0 Å². The van der Waals surface area contributed by atoms with Gasteiger partial charge < -0.3 is 16.0 Å². The van der Waals surface area contributed by atoms with Crippen molar-refractivity contribution in [3.63, 3.8) is 0 Å². The molecule has 1 aromatic carbocycles. The van der Waals surface area contributed by atoms with Crippen molar-refractivity contribution in [1.29, 1.82) is 0 Å². The number of fused-ring (bicyclic) bond motifs is 1. The molecule has 150 valence electrons. The number of likely N-dealkylation sites (tertiary alicyclic amines) is 1. The highest BCUT2D eigenvalue weighted by Gasteiger charge is 2.21. The van der Waals surface area contributed by atoms with Crippen molar-refractivity contribution >= 4 is 42.4 Å². The molecule has 3 aromatic rings. The summed E-state index contributed by atoms with van der Waals surface area (Å²) in [5.41, 5.74) is 8.92. The molecule has 1 aliphatic rings. The van der Waals surface area contributed by atoms with E-state index in [0.717, 1.165) is 67.1 Å². The summed E-state index contributed by atoms with van der Waals surface area (Å²) >= 11 is 6.40. The molecule has 1 saturated heterocycles. The number of primary amides is 1. The summed E-state index contributed by atoms with van der Waals surface area (Å²) in [6.45, 7) is 2.31. The Morgan fingerprint density at radius 2 is 2.07 bits per heavy atom. The maximum Gasteiger partial charge on any atom is 0.314 e. The van der Waals surface area contributed by atoms with Gasteiger partial charge in [-0.3, -0.25) is 0 Å². The Kier molecular flexibility index (Phi) is 5.62.